The molecule has 0 aromatic heterocycles. The van der Waals surface area contributed by atoms with Crippen molar-refractivity contribution >= 4 is 0 Å². The predicted octanol–water partition coefficient (Wildman–Crippen LogP) is 2.54. The summed E-state index contributed by atoms with van der Waals surface area (Å²) < 4.78 is 24.6. The van der Waals surface area contributed by atoms with Crippen molar-refractivity contribution in [2.24, 2.45) is 0 Å². The standard InChI is InChI=1S/C14H22F2N2/c1-3-17-9-8-12-6-4-5-7-13(12)10-18(2)11-14(15)16/h4-7,14,17H,3,8-11H2,1-2H3. The summed E-state index contributed by atoms with van der Waals surface area (Å²) in [6, 6.07) is 8.05. The highest BCUT2D eigenvalue weighted by molar-refractivity contribution is 5.27. The lowest BCUT2D eigenvalue weighted by atomic mass is 10.0. The molecule has 1 rings (SSSR count). The number of hydrogen-bond donors (Lipinski definition) is 1. The minimum atomic E-state index is -2.27. The van der Waals surface area contributed by atoms with Crippen LogP contribution < -0.4 is 5.32 Å². The highest BCUT2D eigenvalue weighted by Gasteiger charge is 2.10. The zero-order chi connectivity index (χ0) is 13.4. The van der Waals surface area contributed by atoms with Gasteiger partial charge in [0.2, 0.25) is 0 Å². The summed E-state index contributed by atoms with van der Waals surface area (Å²) in [5.41, 5.74) is 2.37. The van der Waals surface area contributed by atoms with Gasteiger partial charge in [-0.2, -0.15) is 0 Å². The summed E-state index contributed by atoms with van der Waals surface area (Å²) >= 11 is 0. The number of likely N-dealkylation sites (N-methyl/N-ethyl adjacent to an activating group) is 1. The number of benzene rings is 1. The van der Waals surface area contributed by atoms with Crippen LogP contribution in [0.2, 0.25) is 0 Å². The molecule has 1 N–H and O–H groups in total. The van der Waals surface area contributed by atoms with E-state index in [9.17, 15) is 8.78 Å². The maximum absolute atomic E-state index is 12.3. The molecular formula is C14H22F2N2. The Labute approximate surface area is 108 Å². The molecule has 102 valence electrons. The van der Waals surface area contributed by atoms with Crippen LogP contribution in [0.3, 0.4) is 0 Å². The van der Waals surface area contributed by atoms with E-state index in [-0.39, 0.29) is 6.54 Å². The van der Waals surface area contributed by atoms with Crippen LogP contribution >= 0.6 is 0 Å². The van der Waals surface area contributed by atoms with E-state index < -0.39 is 6.43 Å². The SMILES string of the molecule is CCNCCc1ccccc1CN(C)CC(F)F. The largest absolute Gasteiger partial charge is 0.317 e. The molecule has 0 radical (unpaired) electrons. The Balaban J connectivity index is 2.58. The third kappa shape index (κ3) is 5.56. The third-order valence-corrected chi connectivity index (χ3v) is 2.83. The van der Waals surface area contributed by atoms with E-state index in [4.69, 9.17) is 0 Å². The summed E-state index contributed by atoms with van der Waals surface area (Å²) in [5, 5.41) is 3.28. The average molecular weight is 256 g/mol. The van der Waals surface area contributed by atoms with Crippen LogP contribution in [0.4, 0.5) is 8.78 Å². The minimum Gasteiger partial charge on any atom is -0.317 e. The van der Waals surface area contributed by atoms with Crippen LogP contribution in [0, 0.1) is 0 Å². The molecule has 0 heterocycles. The molecule has 0 aliphatic rings. The van der Waals surface area contributed by atoms with E-state index in [0.29, 0.717) is 6.54 Å². The first-order valence-corrected chi connectivity index (χ1v) is 6.37. The van der Waals surface area contributed by atoms with Crippen LogP contribution in [0.5, 0.6) is 0 Å². The number of nitrogens with one attached hydrogen (secondary N) is 1. The van der Waals surface area contributed by atoms with E-state index in [2.05, 4.69) is 18.3 Å². The first-order valence-electron chi connectivity index (χ1n) is 6.37. The smallest absolute Gasteiger partial charge is 0.251 e. The summed E-state index contributed by atoms with van der Waals surface area (Å²) in [7, 11) is 1.73. The molecule has 0 spiro atoms. The van der Waals surface area contributed by atoms with Crippen LogP contribution in [-0.4, -0.2) is 38.0 Å². The van der Waals surface area contributed by atoms with Crippen LogP contribution in [0.1, 0.15) is 18.1 Å². The van der Waals surface area contributed by atoms with Crippen molar-refractivity contribution in [1.29, 1.82) is 0 Å². The Hall–Kier alpha value is -1.00. The minimum absolute atomic E-state index is 0.179. The average Bonchev–Trinajstić information content (AvgIpc) is 2.30. The molecule has 0 unspecified atom stereocenters. The third-order valence-electron chi connectivity index (χ3n) is 2.83. The maximum Gasteiger partial charge on any atom is 0.251 e. The molecule has 1 aromatic carbocycles. The molecule has 0 fully saturated rings. The maximum atomic E-state index is 12.3. The molecule has 0 atom stereocenters. The summed E-state index contributed by atoms with van der Waals surface area (Å²) in [6.07, 6.45) is -1.34. The van der Waals surface area contributed by atoms with Gasteiger partial charge in [0.15, 0.2) is 0 Å². The number of alkyl halides is 2. The van der Waals surface area contributed by atoms with Gasteiger partial charge in [-0.25, -0.2) is 8.78 Å². The highest BCUT2D eigenvalue weighted by Crippen LogP contribution is 2.12. The van der Waals surface area contributed by atoms with E-state index in [0.717, 1.165) is 25.1 Å². The van der Waals surface area contributed by atoms with Crippen molar-refractivity contribution in [3.8, 4) is 0 Å². The fourth-order valence-electron chi connectivity index (χ4n) is 1.95. The molecule has 2 nitrogen and oxygen atoms in total. The molecule has 1 aromatic rings. The van der Waals surface area contributed by atoms with Gasteiger partial charge < -0.3 is 5.32 Å². The quantitative estimate of drug-likeness (QED) is 0.719. The number of nitrogens with zero attached hydrogens (tertiary/aromatic N) is 1. The van der Waals surface area contributed by atoms with Crippen LogP contribution in [-0.2, 0) is 13.0 Å². The molecule has 4 heteroatoms. The Morgan fingerprint density at radius 3 is 2.50 bits per heavy atom. The van der Waals surface area contributed by atoms with E-state index >= 15 is 0 Å². The molecule has 0 saturated heterocycles. The second kappa shape index (κ2) is 8.16. The highest BCUT2D eigenvalue weighted by atomic mass is 19.3. The molecule has 0 aliphatic carbocycles. The van der Waals surface area contributed by atoms with Gasteiger partial charge in [-0.15, -0.1) is 0 Å². The number of rotatable bonds is 8. The molecular weight excluding hydrogens is 234 g/mol. The Kier molecular flexibility index (Phi) is 6.83. The molecule has 0 amide bonds. The van der Waals surface area contributed by atoms with Gasteiger partial charge in [-0.1, -0.05) is 31.2 Å². The lowest BCUT2D eigenvalue weighted by Gasteiger charge is -2.18. The number of hydrogen-bond acceptors (Lipinski definition) is 2. The topological polar surface area (TPSA) is 15.3 Å². The summed E-state index contributed by atoms with van der Waals surface area (Å²) in [6.45, 7) is 4.34. The summed E-state index contributed by atoms with van der Waals surface area (Å²) in [5.74, 6) is 0. The molecule has 18 heavy (non-hydrogen) atoms. The van der Waals surface area contributed by atoms with Gasteiger partial charge in [0, 0.05) is 6.54 Å². The van der Waals surface area contributed by atoms with Gasteiger partial charge in [0.25, 0.3) is 6.43 Å². The molecule has 0 bridgehead atoms. The van der Waals surface area contributed by atoms with E-state index in [1.165, 1.54) is 5.56 Å². The van der Waals surface area contributed by atoms with Gasteiger partial charge in [-0.05, 0) is 37.7 Å². The monoisotopic (exact) mass is 256 g/mol. The van der Waals surface area contributed by atoms with Gasteiger partial charge >= 0.3 is 0 Å². The lowest BCUT2D eigenvalue weighted by molar-refractivity contribution is 0.0974. The van der Waals surface area contributed by atoms with Crippen molar-refractivity contribution in [3.05, 3.63) is 35.4 Å². The molecule has 0 aliphatic heterocycles. The lowest BCUT2D eigenvalue weighted by Crippen LogP contribution is -2.25. The Bertz CT molecular complexity index is 342. The normalized spacial score (nSPS) is 11.4. The van der Waals surface area contributed by atoms with Gasteiger partial charge in [0.05, 0.1) is 6.54 Å². The zero-order valence-electron chi connectivity index (χ0n) is 11.1. The van der Waals surface area contributed by atoms with Gasteiger partial charge in [-0.3, -0.25) is 4.90 Å². The first-order chi connectivity index (χ1) is 8.63. The van der Waals surface area contributed by atoms with Crippen molar-refractivity contribution < 1.29 is 8.78 Å². The van der Waals surface area contributed by atoms with E-state index in [1.807, 2.05) is 18.2 Å². The van der Waals surface area contributed by atoms with Crippen LogP contribution in [0.15, 0.2) is 24.3 Å². The second-order valence-corrected chi connectivity index (χ2v) is 4.46. The van der Waals surface area contributed by atoms with Crippen molar-refractivity contribution in [2.45, 2.75) is 26.3 Å². The van der Waals surface area contributed by atoms with Gasteiger partial charge in [0.1, 0.15) is 0 Å². The van der Waals surface area contributed by atoms with E-state index in [1.54, 1.807) is 11.9 Å². The Morgan fingerprint density at radius 2 is 1.89 bits per heavy atom. The fraction of sp³-hybridized carbons (Fsp3) is 0.571. The summed E-state index contributed by atoms with van der Waals surface area (Å²) in [4.78, 5) is 1.66. The molecule has 0 saturated carbocycles. The van der Waals surface area contributed by atoms with Crippen molar-refractivity contribution in [2.75, 3.05) is 26.7 Å². The van der Waals surface area contributed by atoms with Crippen molar-refractivity contribution in [3.63, 3.8) is 0 Å². The Morgan fingerprint density at radius 1 is 1.22 bits per heavy atom. The predicted molar refractivity (Wildman–Crippen MR) is 71.0 cm³/mol. The second-order valence-electron chi connectivity index (χ2n) is 4.46. The van der Waals surface area contributed by atoms with Crippen LogP contribution in [0.25, 0.3) is 0 Å². The fourth-order valence-corrected chi connectivity index (χ4v) is 1.95. The van der Waals surface area contributed by atoms with Crippen molar-refractivity contribution in [1.82, 2.24) is 10.2 Å². The first kappa shape index (κ1) is 15.1. The zero-order valence-corrected chi connectivity index (χ0v) is 11.1. The number of halogens is 2.